The number of piperidine rings is 1. The Morgan fingerprint density at radius 3 is 2.73 bits per heavy atom. The van der Waals surface area contributed by atoms with Gasteiger partial charge in [-0.25, -0.2) is 0 Å². The number of hydrogen-bond acceptors (Lipinski definition) is 4. The van der Waals surface area contributed by atoms with Crippen molar-refractivity contribution in [3.8, 4) is 0 Å². The smallest absolute Gasteiger partial charge is 0.234 e. The highest BCUT2D eigenvalue weighted by molar-refractivity contribution is 5.79. The van der Waals surface area contributed by atoms with E-state index < -0.39 is 0 Å². The molecule has 138 valence electrons. The van der Waals surface area contributed by atoms with Crippen molar-refractivity contribution >= 4 is 5.91 Å². The summed E-state index contributed by atoms with van der Waals surface area (Å²) in [5.41, 5.74) is 4.42. The number of nitrogens with one attached hydrogen (secondary N) is 1. The van der Waals surface area contributed by atoms with E-state index in [0.29, 0.717) is 6.54 Å². The van der Waals surface area contributed by atoms with Crippen molar-refractivity contribution in [2.24, 2.45) is 0 Å². The number of benzene rings is 1. The zero-order chi connectivity index (χ0) is 18.5. The van der Waals surface area contributed by atoms with E-state index >= 15 is 0 Å². The van der Waals surface area contributed by atoms with Crippen molar-refractivity contribution in [1.29, 1.82) is 0 Å². The van der Waals surface area contributed by atoms with Crippen molar-refractivity contribution in [2.75, 3.05) is 19.6 Å². The normalized spacial score (nSPS) is 17.0. The predicted molar refractivity (Wildman–Crippen MR) is 102 cm³/mol. The van der Waals surface area contributed by atoms with E-state index in [1.165, 1.54) is 5.56 Å². The van der Waals surface area contributed by atoms with Gasteiger partial charge in [-0.15, -0.1) is 0 Å². The fourth-order valence-electron chi connectivity index (χ4n) is 3.52. The molecule has 0 saturated carbocycles. The van der Waals surface area contributed by atoms with E-state index in [-0.39, 0.29) is 18.1 Å². The van der Waals surface area contributed by atoms with Crippen LogP contribution in [0.2, 0.25) is 0 Å². The summed E-state index contributed by atoms with van der Waals surface area (Å²) in [7, 11) is 0. The summed E-state index contributed by atoms with van der Waals surface area (Å²) in [4.78, 5) is 19.0. The van der Waals surface area contributed by atoms with E-state index in [0.717, 1.165) is 42.6 Å². The highest BCUT2D eigenvalue weighted by atomic mass is 16.3. The van der Waals surface area contributed by atoms with Crippen molar-refractivity contribution < 1.29 is 9.90 Å². The number of nitrogens with zero attached hydrogens (tertiary/aromatic N) is 2. The van der Waals surface area contributed by atoms with Crippen LogP contribution in [0.5, 0.6) is 0 Å². The molecule has 1 aliphatic rings. The van der Waals surface area contributed by atoms with Crippen molar-refractivity contribution in [2.45, 2.75) is 38.8 Å². The lowest BCUT2D eigenvalue weighted by Crippen LogP contribution is -2.43. The second-order valence-electron chi connectivity index (χ2n) is 7.15. The summed E-state index contributed by atoms with van der Waals surface area (Å²) in [5, 5.41) is 12.8. The molecule has 1 aromatic heterocycles. The van der Waals surface area contributed by atoms with Gasteiger partial charge in [-0.05, 0) is 49.4 Å². The second-order valence-corrected chi connectivity index (χ2v) is 7.15. The van der Waals surface area contributed by atoms with Crippen LogP contribution in [0.25, 0.3) is 0 Å². The molecule has 2 N–H and O–H groups in total. The molecule has 26 heavy (non-hydrogen) atoms. The Bertz CT molecular complexity index is 740. The first-order valence-corrected chi connectivity index (χ1v) is 9.20. The largest absolute Gasteiger partial charge is 0.393 e. The average molecular weight is 353 g/mol. The summed E-state index contributed by atoms with van der Waals surface area (Å²) >= 11 is 0. The van der Waals surface area contributed by atoms with Gasteiger partial charge in [-0.1, -0.05) is 29.8 Å². The first-order chi connectivity index (χ1) is 12.5. The molecule has 2 aromatic rings. The van der Waals surface area contributed by atoms with Crippen LogP contribution in [-0.4, -0.2) is 46.6 Å². The third-order valence-corrected chi connectivity index (χ3v) is 4.98. The van der Waals surface area contributed by atoms with Crippen molar-refractivity contribution in [3.05, 3.63) is 65.0 Å². The molecular weight excluding hydrogens is 326 g/mol. The summed E-state index contributed by atoms with van der Waals surface area (Å²) in [6.07, 6.45) is 4.78. The van der Waals surface area contributed by atoms with Gasteiger partial charge in [0.2, 0.25) is 5.91 Å². The van der Waals surface area contributed by atoms with Gasteiger partial charge in [-0.2, -0.15) is 0 Å². The molecule has 0 bridgehead atoms. The lowest BCUT2D eigenvalue weighted by molar-refractivity contribution is -0.123. The molecule has 0 radical (unpaired) electrons. The zero-order valence-corrected chi connectivity index (χ0v) is 15.5. The minimum atomic E-state index is -0.229. The van der Waals surface area contributed by atoms with Gasteiger partial charge in [-0.3, -0.25) is 14.7 Å². The summed E-state index contributed by atoms with van der Waals surface area (Å²) in [5.74, 6) is -0.00443. The van der Waals surface area contributed by atoms with E-state index in [9.17, 15) is 9.90 Å². The topological polar surface area (TPSA) is 65.5 Å². The summed E-state index contributed by atoms with van der Waals surface area (Å²) in [6.45, 7) is 6.02. The highest BCUT2D eigenvalue weighted by Gasteiger charge is 2.22. The lowest BCUT2D eigenvalue weighted by Gasteiger charge is -2.30. The molecule has 1 aliphatic heterocycles. The molecule has 1 atom stereocenters. The first-order valence-electron chi connectivity index (χ1n) is 9.20. The van der Waals surface area contributed by atoms with Crippen LogP contribution in [-0.2, 0) is 4.79 Å². The van der Waals surface area contributed by atoms with Crippen LogP contribution in [0.3, 0.4) is 0 Å². The number of likely N-dealkylation sites (tertiary alicyclic amines) is 1. The van der Waals surface area contributed by atoms with Gasteiger partial charge in [0, 0.05) is 25.5 Å². The van der Waals surface area contributed by atoms with Crippen molar-refractivity contribution in [1.82, 2.24) is 15.2 Å². The number of pyridine rings is 1. The van der Waals surface area contributed by atoms with Gasteiger partial charge in [0.05, 0.1) is 18.7 Å². The van der Waals surface area contributed by atoms with Crippen molar-refractivity contribution in [3.63, 3.8) is 0 Å². The monoisotopic (exact) mass is 353 g/mol. The molecule has 1 saturated heterocycles. The molecule has 2 heterocycles. The number of aryl methyl sites for hydroxylation is 2. The molecule has 1 unspecified atom stereocenters. The Morgan fingerprint density at radius 1 is 1.31 bits per heavy atom. The first kappa shape index (κ1) is 18.5. The Labute approximate surface area is 155 Å². The number of aromatic nitrogens is 1. The molecule has 1 amide bonds. The molecule has 5 heteroatoms. The second kappa shape index (κ2) is 8.43. The highest BCUT2D eigenvalue weighted by Crippen LogP contribution is 2.25. The van der Waals surface area contributed by atoms with Crippen LogP contribution in [0, 0.1) is 13.8 Å². The summed E-state index contributed by atoms with van der Waals surface area (Å²) in [6, 6.07) is 9.96. The maximum absolute atomic E-state index is 12.7. The zero-order valence-electron chi connectivity index (χ0n) is 15.5. The molecule has 1 aromatic carbocycles. The van der Waals surface area contributed by atoms with Gasteiger partial charge in [0.1, 0.15) is 0 Å². The fraction of sp³-hybridized carbons (Fsp3) is 0.429. The quantitative estimate of drug-likeness (QED) is 0.866. The Kier molecular flexibility index (Phi) is 6.01. The van der Waals surface area contributed by atoms with E-state index in [1.54, 1.807) is 6.20 Å². The average Bonchev–Trinajstić information content (AvgIpc) is 2.63. The van der Waals surface area contributed by atoms with Crippen LogP contribution < -0.4 is 5.32 Å². The van der Waals surface area contributed by atoms with E-state index in [2.05, 4.69) is 47.2 Å². The molecular formula is C21H27N3O2. The SMILES string of the molecule is Cc1ccc(C(NC(=O)CN2CCC(O)CC2)c2cccnc2)c(C)c1. The van der Waals surface area contributed by atoms with Gasteiger partial charge < -0.3 is 10.4 Å². The Morgan fingerprint density at radius 2 is 2.08 bits per heavy atom. The maximum atomic E-state index is 12.7. The number of amides is 1. The van der Waals surface area contributed by atoms with E-state index in [1.807, 2.05) is 18.3 Å². The molecule has 0 aliphatic carbocycles. The number of carbonyl (C=O) groups is 1. The number of aliphatic hydroxyl groups excluding tert-OH is 1. The number of rotatable bonds is 5. The minimum absolute atomic E-state index is 0.00443. The van der Waals surface area contributed by atoms with Crippen LogP contribution in [0.1, 0.15) is 41.1 Å². The predicted octanol–water partition coefficient (Wildman–Crippen LogP) is 2.36. The number of hydrogen-bond donors (Lipinski definition) is 2. The molecule has 3 rings (SSSR count). The van der Waals surface area contributed by atoms with Crippen LogP contribution in [0.15, 0.2) is 42.7 Å². The lowest BCUT2D eigenvalue weighted by atomic mass is 9.94. The standard InChI is InChI=1S/C21H27N3O2/c1-15-5-6-19(16(2)12-15)21(17-4-3-9-22-13-17)23-20(26)14-24-10-7-18(25)8-11-24/h3-6,9,12-13,18,21,25H,7-8,10-11,14H2,1-2H3,(H,23,26). The third-order valence-electron chi connectivity index (χ3n) is 4.98. The molecule has 1 fully saturated rings. The minimum Gasteiger partial charge on any atom is -0.393 e. The summed E-state index contributed by atoms with van der Waals surface area (Å²) < 4.78 is 0. The number of carbonyl (C=O) groups excluding carboxylic acids is 1. The van der Waals surface area contributed by atoms with Crippen LogP contribution in [0.4, 0.5) is 0 Å². The third kappa shape index (κ3) is 4.68. The maximum Gasteiger partial charge on any atom is 0.234 e. The molecule has 0 spiro atoms. The molecule has 5 nitrogen and oxygen atoms in total. The number of aliphatic hydroxyl groups is 1. The van der Waals surface area contributed by atoms with Gasteiger partial charge in [0.15, 0.2) is 0 Å². The Hall–Kier alpha value is -2.24. The van der Waals surface area contributed by atoms with Gasteiger partial charge >= 0.3 is 0 Å². The fourth-order valence-corrected chi connectivity index (χ4v) is 3.52. The van der Waals surface area contributed by atoms with Gasteiger partial charge in [0.25, 0.3) is 0 Å². The van der Waals surface area contributed by atoms with E-state index in [4.69, 9.17) is 0 Å². The van der Waals surface area contributed by atoms with Crippen LogP contribution >= 0.6 is 0 Å². The Balaban J connectivity index is 1.77.